The number of anilines is 2. The van der Waals surface area contributed by atoms with Crippen molar-refractivity contribution in [2.75, 3.05) is 42.0 Å². The van der Waals surface area contributed by atoms with Crippen molar-refractivity contribution in [2.24, 2.45) is 0 Å². The predicted molar refractivity (Wildman–Crippen MR) is 80.8 cm³/mol. The molecule has 108 valence electrons. The van der Waals surface area contributed by atoms with Crippen LogP contribution in [0.5, 0.6) is 0 Å². The Labute approximate surface area is 118 Å². The first kappa shape index (κ1) is 16.0. The smallest absolute Gasteiger partial charge is 0.191 e. The van der Waals surface area contributed by atoms with Gasteiger partial charge in [0.1, 0.15) is 21.5 Å². The molecule has 0 spiro atoms. The number of thioether (sulfide) groups is 1. The van der Waals surface area contributed by atoms with E-state index in [0.29, 0.717) is 23.9 Å². The number of nitrogens with one attached hydrogen (secondary N) is 2. The molecule has 0 fully saturated rings. The molecule has 0 unspecified atom stereocenters. The lowest BCUT2D eigenvalue weighted by Gasteiger charge is -2.09. The first-order valence-electron chi connectivity index (χ1n) is 6.03. The van der Waals surface area contributed by atoms with Crippen LogP contribution < -0.4 is 10.6 Å². The van der Waals surface area contributed by atoms with Crippen LogP contribution in [-0.4, -0.2) is 49.7 Å². The number of sulfone groups is 1. The first-order valence-corrected chi connectivity index (χ1v) is 9.31. The van der Waals surface area contributed by atoms with Crippen LogP contribution in [0.3, 0.4) is 0 Å². The zero-order valence-electron chi connectivity index (χ0n) is 11.4. The molecule has 0 aromatic carbocycles. The largest absolute Gasteiger partial charge is 0.370 e. The molecule has 0 aliphatic carbocycles. The number of hydrogen-bond donors (Lipinski definition) is 2. The molecule has 19 heavy (non-hydrogen) atoms. The molecule has 1 aromatic rings. The van der Waals surface area contributed by atoms with Gasteiger partial charge in [-0.15, -0.1) is 0 Å². The van der Waals surface area contributed by atoms with Gasteiger partial charge in [0.05, 0.1) is 5.75 Å². The Kier molecular flexibility index (Phi) is 6.36. The summed E-state index contributed by atoms with van der Waals surface area (Å²) in [5.41, 5.74) is 0. The molecule has 1 rings (SSSR count). The molecule has 0 amide bonds. The minimum absolute atomic E-state index is 0.181. The lowest BCUT2D eigenvalue weighted by atomic mass is 10.4. The average Bonchev–Trinajstić information content (AvgIpc) is 2.34. The van der Waals surface area contributed by atoms with Crippen molar-refractivity contribution in [2.45, 2.75) is 18.5 Å². The normalized spacial score (nSPS) is 11.3. The highest BCUT2D eigenvalue weighted by atomic mass is 32.2. The van der Waals surface area contributed by atoms with Crippen LogP contribution in [0.15, 0.2) is 11.2 Å². The SMILES string of the molecule is CCNc1cc(NCCCS(C)(=O)=O)nc(SC)n1. The Bertz CT molecular complexity index is 505. The number of aromatic nitrogens is 2. The van der Waals surface area contributed by atoms with Crippen LogP contribution in [0.1, 0.15) is 13.3 Å². The van der Waals surface area contributed by atoms with Gasteiger partial charge in [-0.3, -0.25) is 0 Å². The van der Waals surface area contributed by atoms with E-state index in [2.05, 4.69) is 20.6 Å². The van der Waals surface area contributed by atoms with E-state index >= 15 is 0 Å². The molecule has 0 aliphatic rings. The second-order valence-corrected chi connectivity index (χ2v) is 7.10. The van der Waals surface area contributed by atoms with Gasteiger partial charge in [0.2, 0.25) is 0 Å². The van der Waals surface area contributed by atoms with Crippen LogP contribution >= 0.6 is 11.8 Å². The molecule has 0 radical (unpaired) electrons. The molecule has 0 bridgehead atoms. The minimum atomic E-state index is -2.90. The molecule has 0 saturated heterocycles. The summed E-state index contributed by atoms with van der Waals surface area (Å²) in [4.78, 5) is 8.63. The van der Waals surface area contributed by atoms with E-state index in [-0.39, 0.29) is 5.75 Å². The van der Waals surface area contributed by atoms with Gasteiger partial charge in [-0.1, -0.05) is 11.8 Å². The Hall–Kier alpha value is -1.02. The average molecular weight is 304 g/mol. The molecule has 0 atom stereocenters. The fourth-order valence-electron chi connectivity index (χ4n) is 1.43. The topological polar surface area (TPSA) is 84.0 Å². The molecule has 1 heterocycles. The summed E-state index contributed by atoms with van der Waals surface area (Å²) < 4.78 is 22.0. The van der Waals surface area contributed by atoms with Crippen molar-refractivity contribution in [1.82, 2.24) is 9.97 Å². The summed E-state index contributed by atoms with van der Waals surface area (Å²) >= 11 is 1.47. The summed E-state index contributed by atoms with van der Waals surface area (Å²) in [7, 11) is -2.90. The second-order valence-electron chi connectivity index (χ2n) is 4.07. The Morgan fingerprint density at radius 2 is 1.89 bits per heavy atom. The van der Waals surface area contributed by atoms with Crippen molar-refractivity contribution < 1.29 is 8.42 Å². The molecule has 0 saturated carbocycles. The van der Waals surface area contributed by atoms with Gasteiger partial charge >= 0.3 is 0 Å². The van der Waals surface area contributed by atoms with E-state index in [1.54, 1.807) is 0 Å². The Morgan fingerprint density at radius 1 is 1.26 bits per heavy atom. The zero-order chi connectivity index (χ0) is 14.3. The summed E-state index contributed by atoms with van der Waals surface area (Å²) in [5, 5.41) is 6.94. The lowest BCUT2D eigenvalue weighted by Crippen LogP contribution is -2.11. The third kappa shape index (κ3) is 6.63. The maximum atomic E-state index is 11.0. The fraction of sp³-hybridized carbons (Fsp3) is 0.636. The first-order chi connectivity index (χ1) is 8.94. The second kappa shape index (κ2) is 7.54. The fourth-order valence-corrected chi connectivity index (χ4v) is 2.48. The molecule has 8 heteroatoms. The highest BCUT2D eigenvalue weighted by molar-refractivity contribution is 7.98. The van der Waals surface area contributed by atoms with Gasteiger partial charge in [-0.2, -0.15) is 0 Å². The third-order valence-electron chi connectivity index (χ3n) is 2.24. The molecule has 0 aliphatic heterocycles. The monoisotopic (exact) mass is 304 g/mol. The Morgan fingerprint density at radius 3 is 2.42 bits per heavy atom. The van der Waals surface area contributed by atoms with Crippen LogP contribution in [0.4, 0.5) is 11.6 Å². The molecule has 1 aromatic heterocycles. The molecule has 2 N–H and O–H groups in total. The molecule has 6 nitrogen and oxygen atoms in total. The van der Waals surface area contributed by atoms with Crippen LogP contribution in [0.25, 0.3) is 0 Å². The molecular formula is C11H20N4O2S2. The molecular weight excluding hydrogens is 284 g/mol. The number of rotatable bonds is 8. The summed E-state index contributed by atoms with van der Waals surface area (Å²) in [5.74, 6) is 1.66. The van der Waals surface area contributed by atoms with E-state index in [4.69, 9.17) is 0 Å². The van der Waals surface area contributed by atoms with Crippen LogP contribution in [-0.2, 0) is 9.84 Å². The van der Waals surface area contributed by atoms with Gasteiger partial charge < -0.3 is 10.6 Å². The minimum Gasteiger partial charge on any atom is -0.370 e. The zero-order valence-corrected chi connectivity index (χ0v) is 13.1. The van der Waals surface area contributed by atoms with E-state index < -0.39 is 9.84 Å². The maximum Gasteiger partial charge on any atom is 0.191 e. The quantitative estimate of drug-likeness (QED) is 0.427. The highest BCUT2D eigenvalue weighted by Gasteiger charge is 2.04. The van der Waals surface area contributed by atoms with Crippen molar-refractivity contribution in [1.29, 1.82) is 0 Å². The van der Waals surface area contributed by atoms with Crippen molar-refractivity contribution in [3.05, 3.63) is 6.07 Å². The van der Waals surface area contributed by atoms with Crippen molar-refractivity contribution in [3.8, 4) is 0 Å². The van der Waals surface area contributed by atoms with E-state index in [9.17, 15) is 8.42 Å². The van der Waals surface area contributed by atoms with Crippen molar-refractivity contribution >= 4 is 33.2 Å². The third-order valence-corrected chi connectivity index (χ3v) is 3.82. The highest BCUT2D eigenvalue weighted by Crippen LogP contribution is 2.17. The predicted octanol–water partition coefficient (Wildman–Crippen LogP) is 1.48. The number of nitrogens with zero attached hydrogens (tertiary/aromatic N) is 2. The summed E-state index contributed by atoms with van der Waals surface area (Å²) in [6.07, 6.45) is 3.72. The maximum absolute atomic E-state index is 11.0. The van der Waals surface area contributed by atoms with Crippen LogP contribution in [0, 0.1) is 0 Å². The summed E-state index contributed by atoms with van der Waals surface area (Å²) in [6, 6.07) is 1.82. The van der Waals surface area contributed by atoms with E-state index in [1.807, 2.05) is 19.2 Å². The van der Waals surface area contributed by atoms with Gasteiger partial charge in [0.25, 0.3) is 0 Å². The summed E-state index contributed by atoms with van der Waals surface area (Å²) in [6.45, 7) is 3.36. The van der Waals surface area contributed by atoms with Crippen LogP contribution in [0.2, 0.25) is 0 Å². The van der Waals surface area contributed by atoms with Gasteiger partial charge in [0, 0.05) is 25.4 Å². The van der Waals surface area contributed by atoms with Gasteiger partial charge in [-0.25, -0.2) is 18.4 Å². The lowest BCUT2D eigenvalue weighted by molar-refractivity contribution is 0.600. The van der Waals surface area contributed by atoms with Gasteiger partial charge in [0.15, 0.2) is 5.16 Å². The van der Waals surface area contributed by atoms with Gasteiger partial charge in [-0.05, 0) is 19.6 Å². The standard InChI is InChI=1S/C11H20N4O2S2/c1-4-12-9-8-10(15-11(14-9)18-2)13-6-5-7-19(3,16)17/h8H,4-7H2,1-3H3,(H2,12,13,14,15). The van der Waals surface area contributed by atoms with E-state index in [1.165, 1.54) is 18.0 Å². The van der Waals surface area contributed by atoms with E-state index in [0.717, 1.165) is 12.4 Å². The van der Waals surface area contributed by atoms with Crippen molar-refractivity contribution in [3.63, 3.8) is 0 Å². The number of hydrogen-bond acceptors (Lipinski definition) is 7. The Balaban J connectivity index is 2.59.